The molecule has 0 amide bonds. The molecule has 4 N–H and O–H groups in total. The van der Waals surface area contributed by atoms with Gasteiger partial charge in [-0.05, 0) is 36.9 Å². The molecule has 0 atom stereocenters. The molecule has 0 radical (unpaired) electrons. The number of nitrogen functional groups attached to an aromatic ring is 2. The van der Waals surface area contributed by atoms with Gasteiger partial charge < -0.3 is 11.6 Å². The summed E-state index contributed by atoms with van der Waals surface area (Å²) in [6.07, 6.45) is 0. The molecule has 7 heteroatoms. The average molecular weight is 256 g/mol. The molecule has 84 valence electrons. The van der Waals surface area contributed by atoms with Crippen molar-refractivity contribution in [2.45, 2.75) is 17.0 Å². The number of anilines is 1. The van der Waals surface area contributed by atoms with Crippen LogP contribution in [0.5, 0.6) is 0 Å². The zero-order valence-corrected chi connectivity index (χ0v) is 10.1. The van der Waals surface area contributed by atoms with Gasteiger partial charge in [0, 0.05) is 10.6 Å². The predicted octanol–water partition coefficient (Wildman–Crippen LogP) is 1.69. The molecule has 2 rings (SSSR count). The molecule has 0 unspecified atom stereocenters. The second-order valence-electron chi connectivity index (χ2n) is 3.19. The van der Waals surface area contributed by atoms with Gasteiger partial charge in [-0.15, -0.1) is 10.2 Å². The third-order valence-corrected chi connectivity index (χ3v) is 3.45. The van der Waals surface area contributed by atoms with Crippen LogP contribution in [0, 0.1) is 6.92 Å². The standard InChI is InChI=1S/C9H10ClN5S/c1-5-13-14-9(15(5)12)16-8-3-2-6(11)4-7(8)10/h2-4H,11-12H2,1H3. The highest BCUT2D eigenvalue weighted by Gasteiger charge is 2.10. The third kappa shape index (κ3) is 2.07. The molecule has 0 aliphatic rings. The maximum Gasteiger partial charge on any atom is 0.214 e. The summed E-state index contributed by atoms with van der Waals surface area (Å²) in [7, 11) is 0. The minimum atomic E-state index is 0.575. The van der Waals surface area contributed by atoms with Gasteiger partial charge in [0.15, 0.2) is 0 Å². The Kier molecular flexibility index (Phi) is 2.93. The lowest BCUT2D eigenvalue weighted by molar-refractivity contribution is 0.825. The number of aryl methyl sites for hydroxylation is 1. The van der Waals surface area contributed by atoms with Crippen LogP contribution in [0.4, 0.5) is 5.69 Å². The molecule has 0 bridgehead atoms. The number of aromatic nitrogens is 3. The Morgan fingerprint density at radius 1 is 1.38 bits per heavy atom. The Morgan fingerprint density at radius 2 is 2.12 bits per heavy atom. The van der Waals surface area contributed by atoms with Crippen LogP contribution in [0.25, 0.3) is 0 Å². The molecule has 16 heavy (non-hydrogen) atoms. The largest absolute Gasteiger partial charge is 0.399 e. The Balaban J connectivity index is 2.30. The molecule has 0 aliphatic heterocycles. The SMILES string of the molecule is Cc1nnc(Sc2ccc(N)cc2Cl)n1N. The van der Waals surface area contributed by atoms with Crippen LogP contribution in [-0.4, -0.2) is 14.9 Å². The molecular weight excluding hydrogens is 246 g/mol. The van der Waals surface area contributed by atoms with Crippen molar-refractivity contribution in [3.8, 4) is 0 Å². The number of nitrogens with zero attached hydrogens (tertiary/aromatic N) is 3. The van der Waals surface area contributed by atoms with Crippen molar-refractivity contribution in [3.63, 3.8) is 0 Å². The summed E-state index contributed by atoms with van der Waals surface area (Å²) in [5.74, 6) is 6.38. The summed E-state index contributed by atoms with van der Waals surface area (Å²) in [5.41, 5.74) is 6.23. The summed E-state index contributed by atoms with van der Waals surface area (Å²) in [6.45, 7) is 1.78. The first kappa shape index (κ1) is 11.1. The molecule has 0 saturated carbocycles. The predicted molar refractivity (Wildman–Crippen MR) is 64.9 cm³/mol. The third-order valence-electron chi connectivity index (χ3n) is 1.99. The molecule has 1 aromatic carbocycles. The molecule has 0 aliphatic carbocycles. The van der Waals surface area contributed by atoms with Crippen LogP contribution in [0.2, 0.25) is 5.02 Å². The van der Waals surface area contributed by atoms with Gasteiger partial charge >= 0.3 is 0 Å². The van der Waals surface area contributed by atoms with Crippen molar-refractivity contribution in [2.75, 3.05) is 11.6 Å². The van der Waals surface area contributed by atoms with Gasteiger partial charge in [0.05, 0.1) is 5.02 Å². The second kappa shape index (κ2) is 4.23. The molecule has 0 spiro atoms. The van der Waals surface area contributed by atoms with E-state index < -0.39 is 0 Å². The number of nitrogens with two attached hydrogens (primary N) is 2. The Hall–Kier alpha value is -1.40. The Morgan fingerprint density at radius 3 is 2.69 bits per heavy atom. The van der Waals surface area contributed by atoms with E-state index in [-0.39, 0.29) is 0 Å². The summed E-state index contributed by atoms with van der Waals surface area (Å²) in [5, 5.41) is 8.96. The van der Waals surface area contributed by atoms with E-state index in [0.717, 1.165) is 4.90 Å². The summed E-state index contributed by atoms with van der Waals surface area (Å²) in [6, 6.07) is 5.29. The number of hydrogen-bond acceptors (Lipinski definition) is 5. The van der Waals surface area contributed by atoms with Crippen LogP contribution in [0.3, 0.4) is 0 Å². The minimum Gasteiger partial charge on any atom is -0.399 e. The van der Waals surface area contributed by atoms with Crippen molar-refractivity contribution in [2.24, 2.45) is 0 Å². The van der Waals surface area contributed by atoms with Crippen molar-refractivity contribution < 1.29 is 0 Å². The zero-order valence-electron chi connectivity index (χ0n) is 8.51. The molecular formula is C9H10ClN5S. The lowest BCUT2D eigenvalue weighted by Gasteiger charge is -2.04. The first-order valence-corrected chi connectivity index (χ1v) is 5.67. The lowest BCUT2D eigenvalue weighted by atomic mass is 10.3. The van der Waals surface area contributed by atoms with Crippen molar-refractivity contribution in [3.05, 3.63) is 29.0 Å². The fourth-order valence-corrected chi connectivity index (χ4v) is 2.22. The van der Waals surface area contributed by atoms with Crippen LogP contribution < -0.4 is 11.6 Å². The van der Waals surface area contributed by atoms with E-state index in [4.69, 9.17) is 23.2 Å². The fourth-order valence-electron chi connectivity index (χ4n) is 1.12. The molecule has 0 saturated heterocycles. The lowest BCUT2D eigenvalue weighted by Crippen LogP contribution is -2.11. The number of halogens is 1. The van der Waals surface area contributed by atoms with Gasteiger partial charge in [0.1, 0.15) is 5.82 Å². The second-order valence-corrected chi connectivity index (χ2v) is 4.61. The quantitative estimate of drug-likeness (QED) is 0.630. The first-order chi connectivity index (χ1) is 7.58. The van der Waals surface area contributed by atoms with Crippen LogP contribution >= 0.6 is 23.4 Å². The zero-order chi connectivity index (χ0) is 11.7. The van der Waals surface area contributed by atoms with Crippen LogP contribution in [0.15, 0.2) is 28.3 Å². The maximum atomic E-state index is 6.04. The van der Waals surface area contributed by atoms with Gasteiger partial charge in [0.2, 0.25) is 5.16 Å². The van der Waals surface area contributed by atoms with E-state index in [1.54, 1.807) is 19.1 Å². The van der Waals surface area contributed by atoms with Crippen molar-refractivity contribution >= 4 is 29.1 Å². The highest BCUT2D eigenvalue weighted by molar-refractivity contribution is 7.99. The summed E-state index contributed by atoms with van der Waals surface area (Å²) >= 11 is 7.39. The van der Waals surface area contributed by atoms with Crippen LogP contribution in [0.1, 0.15) is 5.82 Å². The van der Waals surface area contributed by atoms with Gasteiger partial charge in [0.25, 0.3) is 0 Å². The van der Waals surface area contributed by atoms with E-state index in [1.807, 2.05) is 6.07 Å². The number of hydrogen-bond donors (Lipinski definition) is 2. The smallest absolute Gasteiger partial charge is 0.214 e. The maximum absolute atomic E-state index is 6.04. The molecule has 1 heterocycles. The topological polar surface area (TPSA) is 82.8 Å². The number of benzene rings is 1. The van der Waals surface area contributed by atoms with E-state index >= 15 is 0 Å². The highest BCUT2D eigenvalue weighted by Crippen LogP contribution is 2.32. The normalized spacial score (nSPS) is 10.6. The van der Waals surface area contributed by atoms with Crippen molar-refractivity contribution in [1.82, 2.24) is 14.9 Å². The van der Waals surface area contributed by atoms with Gasteiger partial charge in [-0.25, -0.2) is 4.68 Å². The molecule has 2 aromatic rings. The average Bonchev–Trinajstić information content (AvgIpc) is 2.54. The van der Waals surface area contributed by atoms with Crippen LogP contribution in [-0.2, 0) is 0 Å². The summed E-state index contributed by atoms with van der Waals surface area (Å²) < 4.78 is 1.41. The minimum absolute atomic E-state index is 0.575. The van der Waals surface area contributed by atoms with E-state index in [0.29, 0.717) is 21.7 Å². The molecule has 5 nitrogen and oxygen atoms in total. The van der Waals surface area contributed by atoms with Crippen molar-refractivity contribution in [1.29, 1.82) is 0 Å². The Labute approximate surface area is 102 Å². The molecule has 1 aromatic heterocycles. The fraction of sp³-hybridized carbons (Fsp3) is 0.111. The van der Waals surface area contributed by atoms with Gasteiger partial charge in [-0.2, -0.15) is 0 Å². The summed E-state index contributed by atoms with van der Waals surface area (Å²) in [4.78, 5) is 0.843. The molecule has 0 fully saturated rings. The van der Waals surface area contributed by atoms with E-state index in [2.05, 4.69) is 10.2 Å². The van der Waals surface area contributed by atoms with Gasteiger partial charge in [-0.3, -0.25) is 0 Å². The van der Waals surface area contributed by atoms with E-state index in [9.17, 15) is 0 Å². The van der Waals surface area contributed by atoms with E-state index in [1.165, 1.54) is 16.4 Å². The first-order valence-electron chi connectivity index (χ1n) is 4.48. The highest BCUT2D eigenvalue weighted by atomic mass is 35.5. The van der Waals surface area contributed by atoms with Gasteiger partial charge in [-0.1, -0.05) is 11.6 Å². The number of rotatable bonds is 2. The monoisotopic (exact) mass is 255 g/mol. The Bertz CT molecular complexity index is 525.